The molecule has 2 heterocycles. The lowest BCUT2D eigenvalue weighted by atomic mass is 10.1. The summed E-state index contributed by atoms with van der Waals surface area (Å²) in [5.41, 5.74) is 0.741. The topological polar surface area (TPSA) is 106 Å². The highest BCUT2D eigenvalue weighted by molar-refractivity contribution is 5.68. The number of carboxylic acid groups (broad SMARTS) is 1. The van der Waals surface area contributed by atoms with E-state index >= 15 is 0 Å². The molecule has 1 N–H and O–H groups in total. The minimum atomic E-state index is -0.967. The van der Waals surface area contributed by atoms with E-state index in [2.05, 4.69) is 4.98 Å². The number of hydrogen-bond acceptors (Lipinski definition) is 6. The van der Waals surface area contributed by atoms with Crippen LogP contribution >= 0.6 is 0 Å². The number of anilines is 1. The summed E-state index contributed by atoms with van der Waals surface area (Å²) in [4.78, 5) is 26.9. The number of carboxylic acids is 1. The van der Waals surface area contributed by atoms with Crippen LogP contribution in [-0.4, -0.2) is 46.8 Å². The Morgan fingerprint density at radius 1 is 1.57 bits per heavy atom. The fourth-order valence-corrected chi connectivity index (χ4v) is 2.41. The van der Waals surface area contributed by atoms with Crippen LogP contribution in [0.25, 0.3) is 0 Å². The number of carbonyl (C=O) groups is 1. The van der Waals surface area contributed by atoms with Gasteiger partial charge in [0.2, 0.25) is 0 Å². The van der Waals surface area contributed by atoms with E-state index in [1.165, 1.54) is 12.3 Å². The second kappa shape index (κ2) is 6.49. The monoisotopic (exact) mass is 295 g/mol. The van der Waals surface area contributed by atoms with Gasteiger partial charge in [0.15, 0.2) is 0 Å². The Balaban J connectivity index is 1.96. The molecule has 0 unspecified atom stereocenters. The van der Waals surface area contributed by atoms with Crippen LogP contribution in [0.15, 0.2) is 12.3 Å². The van der Waals surface area contributed by atoms with Crippen LogP contribution in [0.1, 0.15) is 18.4 Å². The maximum atomic E-state index is 10.7. The summed E-state index contributed by atoms with van der Waals surface area (Å²) in [5.74, 6) is -0.234. The van der Waals surface area contributed by atoms with Crippen molar-refractivity contribution in [2.75, 3.05) is 24.6 Å². The first-order valence-corrected chi connectivity index (χ1v) is 6.66. The van der Waals surface area contributed by atoms with Gasteiger partial charge in [-0.05, 0) is 25.3 Å². The van der Waals surface area contributed by atoms with Gasteiger partial charge in [0.1, 0.15) is 18.6 Å². The molecule has 1 fully saturated rings. The van der Waals surface area contributed by atoms with Gasteiger partial charge in [-0.1, -0.05) is 0 Å². The summed E-state index contributed by atoms with van der Waals surface area (Å²) in [6.45, 7) is 2.90. The molecule has 0 spiro atoms. The van der Waals surface area contributed by atoms with Crippen molar-refractivity contribution in [3.63, 3.8) is 0 Å². The van der Waals surface area contributed by atoms with Crippen molar-refractivity contribution in [1.82, 2.24) is 4.98 Å². The number of aliphatic carboxylic acids is 1. The van der Waals surface area contributed by atoms with E-state index in [0.717, 1.165) is 11.4 Å². The van der Waals surface area contributed by atoms with Crippen molar-refractivity contribution in [2.45, 2.75) is 25.9 Å². The smallest absolute Gasteiger partial charge is 0.329 e. The average Bonchev–Trinajstić information content (AvgIpc) is 2.45. The van der Waals surface area contributed by atoms with Gasteiger partial charge in [0.25, 0.3) is 5.69 Å². The van der Waals surface area contributed by atoms with Crippen molar-refractivity contribution in [3.8, 4) is 0 Å². The highest BCUT2D eigenvalue weighted by Crippen LogP contribution is 2.25. The highest BCUT2D eigenvalue weighted by Gasteiger charge is 2.23. The first-order valence-electron chi connectivity index (χ1n) is 6.66. The van der Waals surface area contributed by atoms with Gasteiger partial charge in [-0.15, -0.1) is 0 Å². The summed E-state index contributed by atoms with van der Waals surface area (Å²) in [6, 6.07) is 1.51. The summed E-state index contributed by atoms with van der Waals surface area (Å²) in [6.07, 6.45) is 2.63. The van der Waals surface area contributed by atoms with Gasteiger partial charge in [-0.25, -0.2) is 9.78 Å². The fourth-order valence-electron chi connectivity index (χ4n) is 2.41. The molecule has 0 atom stereocenters. The first-order chi connectivity index (χ1) is 9.97. The van der Waals surface area contributed by atoms with Crippen LogP contribution in [0.4, 0.5) is 11.5 Å². The zero-order chi connectivity index (χ0) is 15.4. The quantitative estimate of drug-likeness (QED) is 0.645. The largest absolute Gasteiger partial charge is 0.480 e. The summed E-state index contributed by atoms with van der Waals surface area (Å²) < 4.78 is 5.27. The van der Waals surface area contributed by atoms with Crippen LogP contribution in [0.2, 0.25) is 0 Å². The van der Waals surface area contributed by atoms with E-state index in [9.17, 15) is 14.9 Å². The van der Waals surface area contributed by atoms with Crippen molar-refractivity contribution >= 4 is 17.5 Å². The minimum Gasteiger partial charge on any atom is -0.480 e. The molecule has 0 radical (unpaired) electrons. The highest BCUT2D eigenvalue weighted by atomic mass is 16.6. The standard InChI is InChI=1S/C13H17N3O5/c1-9-6-10(16(19)20)7-14-13(9)15-4-2-11(3-5-15)21-8-12(17)18/h6-7,11H,2-5,8H2,1H3,(H,17,18). The predicted octanol–water partition coefficient (Wildman–Crippen LogP) is 1.37. The number of nitro groups is 1. The normalized spacial score (nSPS) is 16.0. The van der Waals surface area contributed by atoms with Crippen molar-refractivity contribution in [2.24, 2.45) is 0 Å². The Morgan fingerprint density at radius 3 is 2.76 bits per heavy atom. The molecule has 2 rings (SSSR count). The zero-order valence-corrected chi connectivity index (χ0v) is 11.7. The Bertz CT molecular complexity index is 541. The molecule has 8 nitrogen and oxygen atoms in total. The molecule has 0 amide bonds. The molecule has 0 aliphatic carbocycles. The van der Waals surface area contributed by atoms with Gasteiger partial charge >= 0.3 is 5.97 Å². The number of nitrogens with zero attached hydrogens (tertiary/aromatic N) is 3. The molecule has 1 aromatic heterocycles. The molecule has 1 aliphatic heterocycles. The minimum absolute atomic E-state index is 0.0177. The van der Waals surface area contributed by atoms with Gasteiger partial charge in [-0.3, -0.25) is 10.1 Å². The van der Waals surface area contributed by atoms with Crippen LogP contribution < -0.4 is 4.90 Å². The van der Waals surface area contributed by atoms with Gasteiger partial charge < -0.3 is 14.7 Å². The molecule has 1 aromatic rings. The summed E-state index contributed by atoms with van der Waals surface area (Å²) >= 11 is 0. The zero-order valence-electron chi connectivity index (χ0n) is 11.7. The predicted molar refractivity (Wildman–Crippen MR) is 74.5 cm³/mol. The Morgan fingerprint density at radius 2 is 2.24 bits per heavy atom. The van der Waals surface area contributed by atoms with Gasteiger partial charge in [0.05, 0.1) is 11.0 Å². The third-order valence-corrected chi connectivity index (χ3v) is 3.43. The Kier molecular flexibility index (Phi) is 4.69. The third-order valence-electron chi connectivity index (χ3n) is 3.43. The molecule has 21 heavy (non-hydrogen) atoms. The second-order valence-electron chi connectivity index (χ2n) is 4.98. The van der Waals surface area contributed by atoms with E-state index in [1.807, 2.05) is 4.90 Å². The van der Waals surface area contributed by atoms with E-state index in [4.69, 9.17) is 9.84 Å². The Hall–Kier alpha value is -2.22. The molecule has 8 heteroatoms. The second-order valence-corrected chi connectivity index (χ2v) is 4.98. The fraction of sp³-hybridized carbons (Fsp3) is 0.538. The number of ether oxygens (including phenoxy) is 1. The number of rotatable bonds is 5. The first kappa shape index (κ1) is 15.2. The maximum absolute atomic E-state index is 10.7. The molecular weight excluding hydrogens is 278 g/mol. The number of aromatic nitrogens is 1. The van der Waals surface area contributed by atoms with Crippen molar-refractivity contribution < 1.29 is 19.6 Å². The third kappa shape index (κ3) is 3.88. The average molecular weight is 295 g/mol. The van der Waals surface area contributed by atoms with Gasteiger partial charge in [-0.2, -0.15) is 0 Å². The molecule has 0 bridgehead atoms. The molecule has 0 saturated carbocycles. The van der Waals surface area contributed by atoms with Crippen LogP contribution in [-0.2, 0) is 9.53 Å². The lowest BCUT2D eigenvalue weighted by Crippen LogP contribution is -2.38. The summed E-state index contributed by atoms with van der Waals surface area (Å²) in [5, 5.41) is 19.3. The number of pyridine rings is 1. The van der Waals surface area contributed by atoms with E-state index < -0.39 is 10.9 Å². The van der Waals surface area contributed by atoms with E-state index in [1.54, 1.807) is 6.92 Å². The molecule has 114 valence electrons. The van der Waals surface area contributed by atoms with Crippen LogP contribution in [0.5, 0.6) is 0 Å². The molecule has 1 saturated heterocycles. The Labute approximate surface area is 121 Å². The van der Waals surface area contributed by atoms with Crippen LogP contribution in [0, 0.1) is 17.0 Å². The summed E-state index contributed by atoms with van der Waals surface area (Å²) in [7, 11) is 0. The lowest BCUT2D eigenvalue weighted by molar-refractivity contribution is -0.385. The molecule has 1 aliphatic rings. The number of piperidine rings is 1. The van der Waals surface area contributed by atoms with E-state index in [0.29, 0.717) is 25.9 Å². The maximum Gasteiger partial charge on any atom is 0.329 e. The van der Waals surface area contributed by atoms with Crippen LogP contribution in [0.3, 0.4) is 0 Å². The SMILES string of the molecule is Cc1cc([N+](=O)[O-])cnc1N1CCC(OCC(=O)O)CC1. The van der Waals surface area contributed by atoms with Gasteiger partial charge in [0, 0.05) is 19.2 Å². The van der Waals surface area contributed by atoms with Crippen molar-refractivity contribution in [1.29, 1.82) is 0 Å². The number of aryl methyl sites for hydroxylation is 1. The van der Waals surface area contributed by atoms with Crippen molar-refractivity contribution in [3.05, 3.63) is 27.9 Å². The van der Waals surface area contributed by atoms with E-state index in [-0.39, 0.29) is 18.4 Å². The lowest BCUT2D eigenvalue weighted by Gasteiger charge is -2.33. The number of hydrogen-bond donors (Lipinski definition) is 1. The molecular formula is C13H17N3O5. The molecule has 0 aromatic carbocycles.